The van der Waals surface area contributed by atoms with E-state index in [1.165, 1.54) is 7.11 Å². The third-order valence-electron chi connectivity index (χ3n) is 3.25. The maximum absolute atomic E-state index is 11.5. The molecule has 0 saturated carbocycles. The Bertz CT molecular complexity index is 862. The quantitative estimate of drug-likeness (QED) is 0.714. The molecule has 6 nitrogen and oxygen atoms in total. The number of ether oxygens (including phenoxy) is 1. The van der Waals surface area contributed by atoms with E-state index in [0.717, 1.165) is 16.9 Å². The Labute approximate surface area is 136 Å². The molecule has 23 heavy (non-hydrogen) atoms. The highest BCUT2D eigenvalue weighted by molar-refractivity contribution is 7.17. The number of benzene rings is 1. The lowest BCUT2D eigenvalue weighted by molar-refractivity contribution is 0.0702. The smallest absolute Gasteiger partial charge is 0.348 e. The van der Waals surface area contributed by atoms with E-state index in [2.05, 4.69) is 9.97 Å². The molecule has 3 rings (SSSR count). The van der Waals surface area contributed by atoms with Gasteiger partial charge in [0, 0.05) is 23.5 Å². The monoisotopic (exact) mass is 327 g/mol. The second-order valence-corrected chi connectivity index (χ2v) is 5.69. The van der Waals surface area contributed by atoms with Gasteiger partial charge < -0.3 is 15.6 Å². The van der Waals surface area contributed by atoms with Crippen molar-refractivity contribution in [3.8, 4) is 27.6 Å². The second kappa shape index (κ2) is 6.05. The van der Waals surface area contributed by atoms with Crippen LogP contribution in [0.1, 0.15) is 9.67 Å². The largest absolute Gasteiger partial charge is 0.495 e. The van der Waals surface area contributed by atoms with E-state index in [1.54, 1.807) is 42.7 Å². The molecule has 0 aliphatic heterocycles. The lowest BCUT2D eigenvalue weighted by Crippen LogP contribution is -1.97. The number of aromatic nitrogens is 2. The zero-order valence-electron chi connectivity index (χ0n) is 12.2. The Morgan fingerprint density at radius 3 is 2.57 bits per heavy atom. The molecule has 0 amide bonds. The van der Waals surface area contributed by atoms with Gasteiger partial charge in [-0.3, -0.25) is 4.98 Å². The Morgan fingerprint density at radius 1 is 1.22 bits per heavy atom. The minimum Gasteiger partial charge on any atom is -0.495 e. The van der Waals surface area contributed by atoms with Gasteiger partial charge in [0.25, 0.3) is 0 Å². The first-order valence-electron chi connectivity index (χ1n) is 6.68. The van der Waals surface area contributed by atoms with Gasteiger partial charge >= 0.3 is 5.97 Å². The van der Waals surface area contributed by atoms with E-state index in [4.69, 9.17) is 10.5 Å². The van der Waals surface area contributed by atoms with Crippen molar-refractivity contribution in [2.45, 2.75) is 0 Å². The van der Waals surface area contributed by atoms with Crippen molar-refractivity contribution in [2.75, 3.05) is 12.8 Å². The van der Waals surface area contributed by atoms with Crippen molar-refractivity contribution in [3.63, 3.8) is 0 Å². The van der Waals surface area contributed by atoms with Gasteiger partial charge in [0.05, 0.1) is 18.5 Å². The zero-order chi connectivity index (χ0) is 16.4. The van der Waals surface area contributed by atoms with Crippen LogP contribution < -0.4 is 10.5 Å². The molecule has 0 aliphatic rings. The Kier molecular flexibility index (Phi) is 3.94. The number of hydrogen-bond acceptors (Lipinski definition) is 6. The predicted octanol–water partition coefficient (Wildman–Crippen LogP) is 3.16. The second-order valence-electron chi connectivity index (χ2n) is 4.69. The Balaban J connectivity index is 2.13. The first kappa shape index (κ1) is 15.0. The number of carbonyl (C=O) groups is 1. The van der Waals surface area contributed by atoms with Crippen LogP contribution in [0, 0.1) is 0 Å². The summed E-state index contributed by atoms with van der Waals surface area (Å²) in [6.07, 6.45) is 3.28. The summed E-state index contributed by atoms with van der Waals surface area (Å²) in [4.78, 5) is 20.2. The third kappa shape index (κ3) is 2.86. The minimum atomic E-state index is -1.02. The summed E-state index contributed by atoms with van der Waals surface area (Å²) in [6.45, 7) is 0. The van der Waals surface area contributed by atoms with Gasteiger partial charge in [-0.25, -0.2) is 9.78 Å². The molecular formula is C16H13N3O3S. The topological polar surface area (TPSA) is 98.3 Å². The number of hydrogen-bond donors (Lipinski definition) is 2. The van der Waals surface area contributed by atoms with Gasteiger partial charge in [-0.1, -0.05) is 0 Å². The molecule has 0 spiro atoms. The molecule has 0 unspecified atom stereocenters. The molecule has 0 aliphatic carbocycles. The number of rotatable bonds is 4. The fraction of sp³-hybridized carbons (Fsp3) is 0.0625. The van der Waals surface area contributed by atoms with Crippen LogP contribution >= 0.6 is 11.3 Å². The van der Waals surface area contributed by atoms with Crippen LogP contribution in [0.15, 0.2) is 42.7 Å². The minimum absolute atomic E-state index is 0.168. The van der Waals surface area contributed by atoms with Crippen LogP contribution in [0.2, 0.25) is 0 Å². The third-order valence-corrected chi connectivity index (χ3v) is 4.34. The van der Waals surface area contributed by atoms with E-state index in [1.807, 2.05) is 0 Å². The summed E-state index contributed by atoms with van der Waals surface area (Å²) in [5.41, 5.74) is 8.19. The van der Waals surface area contributed by atoms with Gasteiger partial charge in [0.2, 0.25) is 0 Å². The number of carboxylic acids is 1. The van der Waals surface area contributed by atoms with Crippen LogP contribution in [0.5, 0.6) is 5.75 Å². The van der Waals surface area contributed by atoms with Crippen molar-refractivity contribution in [3.05, 3.63) is 47.6 Å². The molecule has 2 heterocycles. The number of pyridine rings is 1. The van der Waals surface area contributed by atoms with Gasteiger partial charge in [-0.15, -0.1) is 11.3 Å². The van der Waals surface area contributed by atoms with Crippen molar-refractivity contribution in [1.82, 2.24) is 9.97 Å². The lowest BCUT2D eigenvalue weighted by atomic mass is 10.1. The van der Waals surface area contributed by atoms with Gasteiger partial charge in [-0.05, 0) is 30.3 Å². The first-order valence-corrected chi connectivity index (χ1v) is 7.50. The van der Waals surface area contributed by atoms with Crippen LogP contribution in [-0.4, -0.2) is 28.2 Å². The van der Waals surface area contributed by atoms with Gasteiger partial charge in [-0.2, -0.15) is 0 Å². The maximum atomic E-state index is 11.5. The van der Waals surface area contributed by atoms with E-state index in [-0.39, 0.29) is 4.88 Å². The number of nitrogens with zero attached hydrogens (tertiary/aromatic N) is 2. The molecule has 0 saturated heterocycles. The van der Waals surface area contributed by atoms with Crippen LogP contribution in [0.4, 0.5) is 5.69 Å². The number of nitrogen functional groups attached to an aromatic ring is 1. The Hall–Kier alpha value is -2.93. The van der Waals surface area contributed by atoms with E-state index in [0.29, 0.717) is 27.7 Å². The predicted molar refractivity (Wildman–Crippen MR) is 88.7 cm³/mol. The highest BCUT2D eigenvalue weighted by Gasteiger charge is 2.20. The molecule has 0 bridgehead atoms. The molecule has 0 atom stereocenters. The molecular weight excluding hydrogens is 314 g/mol. The number of carboxylic acid groups (broad SMARTS) is 1. The van der Waals surface area contributed by atoms with E-state index in [9.17, 15) is 9.90 Å². The van der Waals surface area contributed by atoms with Crippen molar-refractivity contribution in [2.24, 2.45) is 0 Å². The molecule has 0 fully saturated rings. The highest BCUT2D eigenvalue weighted by atomic mass is 32.1. The number of aromatic carboxylic acids is 1. The highest BCUT2D eigenvalue weighted by Crippen LogP contribution is 2.36. The number of methoxy groups -OCH3 is 1. The van der Waals surface area contributed by atoms with Crippen molar-refractivity contribution < 1.29 is 14.6 Å². The molecule has 3 aromatic rings. The molecule has 2 aromatic heterocycles. The van der Waals surface area contributed by atoms with E-state index < -0.39 is 5.97 Å². The lowest BCUT2D eigenvalue weighted by Gasteiger charge is -2.06. The van der Waals surface area contributed by atoms with Crippen LogP contribution in [-0.2, 0) is 0 Å². The fourth-order valence-corrected chi connectivity index (χ4v) is 3.09. The van der Waals surface area contributed by atoms with Gasteiger partial charge in [0.15, 0.2) is 0 Å². The number of nitrogens with two attached hydrogens (primary N) is 1. The first-order chi connectivity index (χ1) is 11.1. The fourth-order valence-electron chi connectivity index (χ4n) is 2.16. The zero-order valence-corrected chi connectivity index (χ0v) is 13.0. The molecule has 1 aromatic carbocycles. The summed E-state index contributed by atoms with van der Waals surface area (Å²) in [5.74, 6) is -0.484. The molecule has 0 radical (unpaired) electrons. The summed E-state index contributed by atoms with van der Waals surface area (Å²) >= 11 is 1.12. The van der Waals surface area contributed by atoms with Crippen LogP contribution in [0.3, 0.4) is 0 Å². The molecule has 3 N–H and O–H groups in total. The summed E-state index contributed by atoms with van der Waals surface area (Å²) in [5, 5.41) is 10.1. The van der Waals surface area contributed by atoms with Crippen molar-refractivity contribution in [1.29, 1.82) is 0 Å². The SMILES string of the molecule is COc1ccc(-c2nc(-c3ccncc3)sc2C(=O)O)cc1N. The molecule has 116 valence electrons. The van der Waals surface area contributed by atoms with E-state index >= 15 is 0 Å². The Morgan fingerprint density at radius 2 is 1.96 bits per heavy atom. The molecule has 7 heteroatoms. The number of thiazole rings is 1. The average Bonchev–Trinajstić information content (AvgIpc) is 3.01. The average molecular weight is 327 g/mol. The van der Waals surface area contributed by atoms with Crippen molar-refractivity contribution >= 4 is 23.0 Å². The van der Waals surface area contributed by atoms with Gasteiger partial charge in [0.1, 0.15) is 15.6 Å². The van der Waals surface area contributed by atoms with Crippen LogP contribution in [0.25, 0.3) is 21.8 Å². The summed E-state index contributed by atoms with van der Waals surface area (Å²) < 4.78 is 5.12. The summed E-state index contributed by atoms with van der Waals surface area (Å²) in [7, 11) is 1.53. The normalized spacial score (nSPS) is 10.5. The maximum Gasteiger partial charge on any atom is 0.348 e. The number of anilines is 1. The summed E-state index contributed by atoms with van der Waals surface area (Å²) in [6, 6.07) is 8.68. The standard InChI is InChI=1S/C16H13N3O3S/c1-22-12-3-2-10(8-11(12)17)13-14(16(20)21)23-15(19-13)9-4-6-18-7-5-9/h2-8H,17H2,1H3,(H,20,21).